The average Bonchev–Trinajstić information content (AvgIpc) is 3.25. The fourth-order valence-corrected chi connectivity index (χ4v) is 2.93. The van der Waals surface area contributed by atoms with Gasteiger partial charge in [-0.2, -0.15) is 4.98 Å². The molecule has 5 nitrogen and oxygen atoms in total. The topological polar surface area (TPSA) is 72.0 Å². The number of aryl methyl sites for hydroxylation is 1. The highest BCUT2D eigenvalue weighted by Crippen LogP contribution is 2.52. The Kier molecular flexibility index (Phi) is 3.23. The summed E-state index contributed by atoms with van der Waals surface area (Å²) >= 11 is 0. The molecule has 5 heteroatoms. The van der Waals surface area contributed by atoms with Gasteiger partial charge < -0.3 is 9.63 Å². The van der Waals surface area contributed by atoms with Crippen molar-refractivity contribution in [1.82, 2.24) is 15.1 Å². The minimum atomic E-state index is -0.946. The van der Waals surface area contributed by atoms with Gasteiger partial charge in [-0.25, -0.2) is 0 Å². The van der Waals surface area contributed by atoms with Crippen LogP contribution < -0.4 is 0 Å². The molecule has 3 aromatic rings. The summed E-state index contributed by atoms with van der Waals surface area (Å²) in [4.78, 5) is 8.48. The summed E-state index contributed by atoms with van der Waals surface area (Å²) in [5, 5.41) is 14.5. The predicted molar refractivity (Wildman–Crippen MR) is 83.8 cm³/mol. The minimum Gasteiger partial charge on any atom is -0.378 e. The summed E-state index contributed by atoms with van der Waals surface area (Å²) in [5.41, 5.74) is 2.90. The molecule has 116 valence electrons. The number of hydrogen-bond acceptors (Lipinski definition) is 5. The monoisotopic (exact) mass is 307 g/mol. The van der Waals surface area contributed by atoms with Gasteiger partial charge in [0.05, 0.1) is 5.41 Å². The number of aliphatic hydroxyl groups is 1. The SMILES string of the molecule is Cc1cccc(C2(c3noc(C(O)c4cccnc4)n3)CC2)c1. The van der Waals surface area contributed by atoms with Crippen molar-refractivity contribution in [2.75, 3.05) is 0 Å². The van der Waals surface area contributed by atoms with E-state index >= 15 is 0 Å². The number of aliphatic hydroxyl groups excluding tert-OH is 1. The molecule has 1 atom stereocenters. The maximum absolute atomic E-state index is 10.4. The zero-order valence-electron chi connectivity index (χ0n) is 12.8. The molecule has 0 amide bonds. The number of benzene rings is 1. The normalized spacial score (nSPS) is 17.0. The zero-order valence-corrected chi connectivity index (χ0v) is 12.8. The van der Waals surface area contributed by atoms with E-state index in [1.54, 1.807) is 24.5 Å². The Bertz CT molecular complexity index is 825. The lowest BCUT2D eigenvalue weighted by atomic mass is 9.94. The first-order valence-corrected chi connectivity index (χ1v) is 7.68. The molecule has 0 bridgehead atoms. The highest BCUT2D eigenvalue weighted by Gasteiger charge is 2.50. The molecule has 1 fully saturated rings. The van der Waals surface area contributed by atoms with Gasteiger partial charge in [0, 0.05) is 18.0 Å². The van der Waals surface area contributed by atoms with Crippen LogP contribution in [-0.2, 0) is 5.41 Å². The summed E-state index contributed by atoms with van der Waals surface area (Å²) in [6, 6.07) is 12.0. The van der Waals surface area contributed by atoms with E-state index in [1.165, 1.54) is 11.1 Å². The van der Waals surface area contributed by atoms with Gasteiger partial charge in [0.25, 0.3) is 5.89 Å². The van der Waals surface area contributed by atoms with Crippen molar-refractivity contribution in [2.45, 2.75) is 31.3 Å². The fraction of sp³-hybridized carbons (Fsp3) is 0.278. The first-order valence-electron chi connectivity index (χ1n) is 7.68. The summed E-state index contributed by atoms with van der Waals surface area (Å²) in [6.07, 6.45) is 4.31. The highest BCUT2D eigenvalue weighted by atomic mass is 16.5. The predicted octanol–water partition coefficient (Wildman–Crippen LogP) is 2.93. The third-order valence-electron chi connectivity index (χ3n) is 4.42. The van der Waals surface area contributed by atoms with Crippen LogP contribution in [0.4, 0.5) is 0 Å². The Hall–Kier alpha value is -2.53. The van der Waals surface area contributed by atoms with Gasteiger partial charge in [0.2, 0.25) is 0 Å². The second kappa shape index (κ2) is 5.28. The van der Waals surface area contributed by atoms with Crippen LogP contribution in [0, 0.1) is 6.92 Å². The lowest BCUT2D eigenvalue weighted by Gasteiger charge is -2.11. The van der Waals surface area contributed by atoms with Crippen molar-refractivity contribution >= 4 is 0 Å². The molecule has 1 aliphatic rings. The van der Waals surface area contributed by atoms with Gasteiger partial charge in [-0.05, 0) is 31.4 Å². The molecule has 2 aromatic heterocycles. The van der Waals surface area contributed by atoms with Crippen molar-refractivity contribution in [2.24, 2.45) is 0 Å². The van der Waals surface area contributed by atoms with E-state index in [9.17, 15) is 5.11 Å². The molecule has 1 saturated carbocycles. The van der Waals surface area contributed by atoms with E-state index < -0.39 is 6.10 Å². The van der Waals surface area contributed by atoms with Crippen molar-refractivity contribution in [3.8, 4) is 0 Å². The smallest absolute Gasteiger partial charge is 0.260 e. The second-order valence-corrected chi connectivity index (χ2v) is 6.10. The fourth-order valence-electron chi connectivity index (χ4n) is 2.93. The molecule has 1 unspecified atom stereocenters. The summed E-state index contributed by atoms with van der Waals surface area (Å²) < 4.78 is 5.32. The van der Waals surface area contributed by atoms with Crippen LogP contribution in [0.15, 0.2) is 53.3 Å². The summed E-state index contributed by atoms with van der Waals surface area (Å²) in [6.45, 7) is 2.08. The molecule has 0 spiro atoms. The summed E-state index contributed by atoms with van der Waals surface area (Å²) in [7, 11) is 0. The van der Waals surface area contributed by atoms with E-state index in [0.717, 1.165) is 12.8 Å². The molecular weight excluding hydrogens is 290 g/mol. The van der Waals surface area contributed by atoms with E-state index in [4.69, 9.17) is 4.52 Å². The van der Waals surface area contributed by atoms with Gasteiger partial charge in [-0.1, -0.05) is 41.1 Å². The van der Waals surface area contributed by atoms with E-state index in [1.807, 2.05) is 0 Å². The van der Waals surface area contributed by atoms with Crippen LogP contribution in [0.1, 0.15) is 47.4 Å². The largest absolute Gasteiger partial charge is 0.378 e. The van der Waals surface area contributed by atoms with Gasteiger partial charge >= 0.3 is 0 Å². The molecular formula is C18H17N3O2. The number of pyridine rings is 1. The molecule has 4 rings (SSSR count). The van der Waals surface area contributed by atoms with Gasteiger partial charge in [-0.3, -0.25) is 4.98 Å². The van der Waals surface area contributed by atoms with E-state index in [0.29, 0.717) is 11.4 Å². The third kappa shape index (κ3) is 2.43. The van der Waals surface area contributed by atoms with Crippen LogP contribution in [0.5, 0.6) is 0 Å². The van der Waals surface area contributed by atoms with E-state index in [-0.39, 0.29) is 11.3 Å². The number of rotatable bonds is 4. The molecule has 1 aliphatic carbocycles. The maximum atomic E-state index is 10.4. The van der Waals surface area contributed by atoms with Crippen LogP contribution in [0.3, 0.4) is 0 Å². The van der Waals surface area contributed by atoms with Crippen LogP contribution in [0.25, 0.3) is 0 Å². The van der Waals surface area contributed by atoms with Crippen LogP contribution in [0.2, 0.25) is 0 Å². The Morgan fingerprint density at radius 2 is 2.09 bits per heavy atom. The van der Waals surface area contributed by atoms with E-state index in [2.05, 4.69) is 46.3 Å². The minimum absolute atomic E-state index is 0.164. The molecule has 0 saturated heterocycles. The molecule has 0 aliphatic heterocycles. The van der Waals surface area contributed by atoms with Crippen molar-refractivity contribution in [3.63, 3.8) is 0 Å². The Morgan fingerprint density at radius 1 is 1.22 bits per heavy atom. The van der Waals surface area contributed by atoms with Gasteiger partial charge in [0.1, 0.15) is 0 Å². The van der Waals surface area contributed by atoms with Gasteiger partial charge in [-0.15, -0.1) is 0 Å². The standard InChI is InChI=1S/C18H17N3O2/c1-12-4-2-6-14(10-12)18(7-8-18)17-20-16(23-21-17)15(22)13-5-3-9-19-11-13/h2-6,9-11,15,22H,7-8H2,1H3. The van der Waals surface area contributed by atoms with Crippen LogP contribution in [-0.4, -0.2) is 20.2 Å². The van der Waals surface area contributed by atoms with Crippen molar-refractivity contribution < 1.29 is 9.63 Å². The number of aromatic nitrogens is 3. The molecule has 2 heterocycles. The first-order chi connectivity index (χ1) is 11.2. The molecule has 1 N–H and O–H groups in total. The van der Waals surface area contributed by atoms with Gasteiger partial charge in [0.15, 0.2) is 11.9 Å². The lowest BCUT2D eigenvalue weighted by molar-refractivity contribution is 0.170. The van der Waals surface area contributed by atoms with Crippen molar-refractivity contribution in [1.29, 1.82) is 0 Å². The molecule has 23 heavy (non-hydrogen) atoms. The maximum Gasteiger partial charge on any atom is 0.260 e. The Labute approximate surface area is 134 Å². The number of nitrogens with zero attached hydrogens (tertiary/aromatic N) is 3. The second-order valence-electron chi connectivity index (χ2n) is 6.10. The van der Waals surface area contributed by atoms with Crippen molar-refractivity contribution in [3.05, 3.63) is 77.2 Å². The molecule has 1 aromatic carbocycles. The summed E-state index contributed by atoms with van der Waals surface area (Å²) in [5.74, 6) is 0.868. The van der Waals surface area contributed by atoms with Crippen LogP contribution >= 0.6 is 0 Å². The average molecular weight is 307 g/mol. The third-order valence-corrected chi connectivity index (χ3v) is 4.42. The quantitative estimate of drug-likeness (QED) is 0.802. The number of hydrogen-bond donors (Lipinski definition) is 1. The Balaban J connectivity index is 1.66. The highest BCUT2D eigenvalue weighted by molar-refractivity contribution is 5.40. The first kappa shape index (κ1) is 14.1. The molecule has 0 radical (unpaired) electrons. The lowest BCUT2D eigenvalue weighted by Crippen LogP contribution is -2.11. The Morgan fingerprint density at radius 3 is 2.78 bits per heavy atom. The zero-order chi connectivity index (χ0) is 15.9.